The maximum atomic E-state index is 14.0. The second-order valence-corrected chi connectivity index (χ2v) is 12.4. The van der Waals surface area contributed by atoms with Crippen molar-refractivity contribution in [1.29, 1.82) is 0 Å². The van der Waals surface area contributed by atoms with Gasteiger partial charge in [0.25, 0.3) is 10.0 Å². The van der Waals surface area contributed by atoms with Gasteiger partial charge in [0.1, 0.15) is 18.3 Å². The van der Waals surface area contributed by atoms with Crippen LogP contribution in [0.2, 0.25) is 5.02 Å². The van der Waals surface area contributed by atoms with Crippen molar-refractivity contribution in [2.75, 3.05) is 24.5 Å². The standard InChI is InChI=1S/C31H35ClF3N3O5S/c1-5-6-17-36-30(40)22(3)37(19-23-9-12-25(43-4)13-10-23)29(39)20-38(44(41,42)26-14-7-21(2)8-15-26)24-11-16-28(32)27(18-24)31(33,34)35/h7-16,18,22H,5-6,17,19-20H2,1-4H3,(H,36,40)/t22-/m0/s1. The summed E-state index contributed by atoms with van der Waals surface area (Å²) in [5.41, 5.74) is -0.302. The van der Waals surface area contributed by atoms with E-state index in [0.717, 1.165) is 24.1 Å². The molecule has 0 unspecified atom stereocenters. The zero-order valence-corrected chi connectivity index (χ0v) is 26.4. The number of nitrogens with one attached hydrogen (secondary N) is 1. The van der Waals surface area contributed by atoms with Crippen LogP contribution in [0.15, 0.2) is 71.6 Å². The predicted molar refractivity (Wildman–Crippen MR) is 163 cm³/mol. The number of ether oxygens (including phenoxy) is 1. The van der Waals surface area contributed by atoms with Crippen LogP contribution in [0.5, 0.6) is 5.75 Å². The number of hydrogen-bond donors (Lipinski definition) is 1. The Morgan fingerprint density at radius 3 is 2.23 bits per heavy atom. The summed E-state index contributed by atoms with van der Waals surface area (Å²) in [5, 5.41) is 2.15. The van der Waals surface area contributed by atoms with E-state index in [0.29, 0.717) is 34.7 Å². The molecule has 3 aromatic carbocycles. The molecule has 0 aliphatic heterocycles. The fourth-order valence-electron chi connectivity index (χ4n) is 4.30. The van der Waals surface area contributed by atoms with Gasteiger partial charge >= 0.3 is 6.18 Å². The van der Waals surface area contributed by atoms with E-state index in [1.807, 2.05) is 6.92 Å². The Balaban J connectivity index is 2.09. The second-order valence-electron chi connectivity index (χ2n) is 10.2. The molecule has 0 aromatic heterocycles. The number of amides is 2. The lowest BCUT2D eigenvalue weighted by Gasteiger charge is -2.32. The van der Waals surface area contributed by atoms with E-state index in [2.05, 4.69) is 5.32 Å². The highest BCUT2D eigenvalue weighted by atomic mass is 35.5. The molecular formula is C31H35ClF3N3O5S. The molecule has 0 spiro atoms. The van der Waals surface area contributed by atoms with Crippen molar-refractivity contribution in [3.63, 3.8) is 0 Å². The number of nitrogens with zero attached hydrogens (tertiary/aromatic N) is 2. The molecule has 8 nitrogen and oxygen atoms in total. The lowest BCUT2D eigenvalue weighted by Crippen LogP contribution is -2.51. The number of rotatable bonds is 13. The highest BCUT2D eigenvalue weighted by Gasteiger charge is 2.37. The number of sulfonamides is 1. The predicted octanol–water partition coefficient (Wildman–Crippen LogP) is 6.20. The monoisotopic (exact) mass is 653 g/mol. The van der Waals surface area contributed by atoms with Gasteiger partial charge in [-0.3, -0.25) is 13.9 Å². The summed E-state index contributed by atoms with van der Waals surface area (Å²) >= 11 is 5.81. The largest absolute Gasteiger partial charge is 0.497 e. The molecule has 3 aromatic rings. The highest BCUT2D eigenvalue weighted by Crippen LogP contribution is 2.38. The molecule has 1 atom stereocenters. The minimum atomic E-state index is -4.89. The summed E-state index contributed by atoms with van der Waals surface area (Å²) in [6.45, 7) is 4.61. The van der Waals surface area contributed by atoms with Crippen molar-refractivity contribution in [2.45, 2.75) is 57.3 Å². The van der Waals surface area contributed by atoms with Gasteiger partial charge in [0.2, 0.25) is 11.8 Å². The number of anilines is 1. The molecule has 238 valence electrons. The molecule has 0 bridgehead atoms. The van der Waals surface area contributed by atoms with Gasteiger partial charge in [-0.05, 0) is 68.3 Å². The molecule has 0 saturated heterocycles. The number of methoxy groups -OCH3 is 1. The minimum absolute atomic E-state index is 0.0853. The number of carbonyl (C=O) groups is 2. The summed E-state index contributed by atoms with van der Waals surface area (Å²) in [6.07, 6.45) is -3.34. The second kappa shape index (κ2) is 14.8. The van der Waals surface area contributed by atoms with Gasteiger partial charge in [0.15, 0.2) is 0 Å². The maximum Gasteiger partial charge on any atom is 0.417 e. The Hall–Kier alpha value is -3.77. The van der Waals surface area contributed by atoms with Crippen LogP contribution < -0.4 is 14.4 Å². The topological polar surface area (TPSA) is 96.0 Å². The van der Waals surface area contributed by atoms with Crippen molar-refractivity contribution < 1.29 is 35.9 Å². The van der Waals surface area contributed by atoms with Gasteiger partial charge < -0.3 is 15.0 Å². The summed E-state index contributed by atoms with van der Waals surface area (Å²) < 4.78 is 74.9. The number of aryl methyl sites for hydroxylation is 1. The molecule has 0 aliphatic rings. The third-order valence-corrected chi connectivity index (χ3v) is 9.06. The van der Waals surface area contributed by atoms with Gasteiger partial charge in [-0.1, -0.05) is 54.8 Å². The quantitative estimate of drug-likeness (QED) is 0.222. The zero-order chi connectivity index (χ0) is 32.7. The van der Waals surface area contributed by atoms with Gasteiger partial charge in [0, 0.05) is 13.1 Å². The molecule has 0 saturated carbocycles. The van der Waals surface area contributed by atoms with Gasteiger partial charge in [0.05, 0.1) is 28.3 Å². The molecule has 3 rings (SSSR count). The fraction of sp³-hybridized carbons (Fsp3) is 0.355. The average molecular weight is 654 g/mol. The Labute approximate surface area is 260 Å². The number of alkyl halides is 3. The first-order chi connectivity index (χ1) is 20.7. The third kappa shape index (κ3) is 8.66. The summed E-state index contributed by atoms with van der Waals surface area (Å²) in [5.74, 6) is -0.701. The first-order valence-corrected chi connectivity index (χ1v) is 15.7. The summed E-state index contributed by atoms with van der Waals surface area (Å²) in [7, 11) is -3.06. The summed E-state index contributed by atoms with van der Waals surface area (Å²) in [4.78, 5) is 28.0. The molecule has 2 amide bonds. The Morgan fingerprint density at radius 2 is 1.66 bits per heavy atom. The van der Waals surface area contributed by atoms with Crippen molar-refractivity contribution in [3.8, 4) is 5.75 Å². The molecule has 44 heavy (non-hydrogen) atoms. The van der Waals surface area contributed by atoms with Crippen LogP contribution in [0.3, 0.4) is 0 Å². The van der Waals surface area contributed by atoms with E-state index in [9.17, 15) is 31.2 Å². The van der Waals surface area contributed by atoms with E-state index in [-0.39, 0.29) is 11.4 Å². The fourth-order valence-corrected chi connectivity index (χ4v) is 5.93. The zero-order valence-electron chi connectivity index (χ0n) is 24.8. The third-order valence-electron chi connectivity index (χ3n) is 6.94. The van der Waals surface area contributed by atoms with Crippen LogP contribution in [0.1, 0.15) is 43.4 Å². The van der Waals surface area contributed by atoms with E-state index in [1.54, 1.807) is 31.2 Å². The number of hydrogen-bond acceptors (Lipinski definition) is 5. The summed E-state index contributed by atoms with van der Waals surface area (Å²) in [6, 6.07) is 14.0. The van der Waals surface area contributed by atoms with Crippen molar-refractivity contribution in [1.82, 2.24) is 10.2 Å². The van der Waals surface area contributed by atoms with Gasteiger partial charge in [-0.2, -0.15) is 13.2 Å². The Kier molecular flexibility index (Phi) is 11.7. The minimum Gasteiger partial charge on any atom is -0.497 e. The molecule has 0 radical (unpaired) electrons. The normalized spacial score (nSPS) is 12.4. The Bertz CT molecular complexity index is 1550. The number of benzene rings is 3. The molecule has 13 heteroatoms. The molecule has 0 heterocycles. The molecule has 0 fully saturated rings. The van der Waals surface area contributed by atoms with E-state index >= 15 is 0 Å². The Morgan fingerprint density at radius 1 is 1.02 bits per heavy atom. The van der Waals surface area contributed by atoms with E-state index < -0.39 is 56.9 Å². The van der Waals surface area contributed by atoms with Crippen LogP contribution in [-0.2, 0) is 32.3 Å². The van der Waals surface area contributed by atoms with Crippen LogP contribution in [0.4, 0.5) is 18.9 Å². The average Bonchev–Trinajstić information content (AvgIpc) is 2.98. The first-order valence-electron chi connectivity index (χ1n) is 13.8. The van der Waals surface area contributed by atoms with Crippen molar-refractivity contribution in [2.24, 2.45) is 0 Å². The highest BCUT2D eigenvalue weighted by molar-refractivity contribution is 7.92. The number of unbranched alkanes of at least 4 members (excludes halogenated alkanes) is 1. The van der Waals surface area contributed by atoms with Crippen LogP contribution >= 0.6 is 11.6 Å². The maximum absolute atomic E-state index is 14.0. The van der Waals surface area contributed by atoms with E-state index in [1.165, 1.54) is 43.2 Å². The first kappa shape index (κ1) is 34.7. The van der Waals surface area contributed by atoms with Crippen LogP contribution in [0, 0.1) is 6.92 Å². The van der Waals surface area contributed by atoms with Crippen molar-refractivity contribution in [3.05, 3.63) is 88.4 Å². The van der Waals surface area contributed by atoms with Gasteiger partial charge in [-0.25, -0.2) is 8.42 Å². The molecule has 1 N–H and O–H groups in total. The lowest BCUT2D eigenvalue weighted by molar-refractivity contribution is -0.139. The van der Waals surface area contributed by atoms with Crippen LogP contribution in [-0.4, -0.2) is 51.4 Å². The smallest absolute Gasteiger partial charge is 0.417 e. The molecule has 0 aliphatic carbocycles. The van der Waals surface area contributed by atoms with Crippen molar-refractivity contribution >= 4 is 39.1 Å². The SMILES string of the molecule is CCCCNC(=O)[C@H](C)N(Cc1ccc(OC)cc1)C(=O)CN(c1ccc(Cl)c(C(F)(F)F)c1)S(=O)(=O)c1ccc(C)cc1. The lowest BCUT2D eigenvalue weighted by atomic mass is 10.1. The molecular weight excluding hydrogens is 619 g/mol. The van der Waals surface area contributed by atoms with E-state index in [4.69, 9.17) is 16.3 Å². The van der Waals surface area contributed by atoms with Crippen LogP contribution in [0.25, 0.3) is 0 Å². The van der Waals surface area contributed by atoms with Gasteiger partial charge in [-0.15, -0.1) is 0 Å². The number of carbonyl (C=O) groups excluding carboxylic acids is 2. The number of halogens is 4.